The van der Waals surface area contributed by atoms with Gasteiger partial charge in [0.2, 0.25) is 10.0 Å². The van der Waals surface area contributed by atoms with Gasteiger partial charge in [0.1, 0.15) is 6.04 Å². The van der Waals surface area contributed by atoms with Crippen molar-refractivity contribution in [3.8, 4) is 0 Å². The second-order valence-electron chi connectivity index (χ2n) is 7.41. The summed E-state index contributed by atoms with van der Waals surface area (Å²) in [7, 11) is -3.68. The van der Waals surface area contributed by atoms with E-state index >= 15 is 0 Å². The van der Waals surface area contributed by atoms with Crippen LogP contribution in [0, 0.1) is 0 Å². The Morgan fingerprint density at radius 2 is 1.94 bits per heavy atom. The Morgan fingerprint density at radius 1 is 1.18 bits per heavy atom. The molecule has 1 unspecified atom stereocenters. The summed E-state index contributed by atoms with van der Waals surface area (Å²) in [6.45, 7) is 3.96. The molecule has 1 N–H and O–H groups in total. The molecule has 1 saturated heterocycles. The number of hydrogen-bond donors (Lipinski definition) is 1. The molecule has 1 fully saturated rings. The van der Waals surface area contributed by atoms with Crippen LogP contribution in [0.1, 0.15) is 37.2 Å². The molecule has 2 amide bonds. The molecule has 0 spiro atoms. The monoisotopic (exact) mass is 477 g/mol. The average Bonchev–Trinajstić information content (AvgIpc) is 3.50. The first kappa shape index (κ1) is 24.5. The number of esters is 1. The topological polar surface area (TPSA) is 126 Å². The third-order valence-electron chi connectivity index (χ3n) is 5.32. The normalized spacial score (nSPS) is 16.1. The quantitative estimate of drug-likeness (QED) is 0.548. The summed E-state index contributed by atoms with van der Waals surface area (Å²) in [5.74, 6) is -1.58. The summed E-state index contributed by atoms with van der Waals surface area (Å²) in [5.41, 5.74) is 0.264. The van der Waals surface area contributed by atoms with Crippen molar-refractivity contribution in [2.75, 3.05) is 31.6 Å². The number of carbonyl (C=O) groups excluding carboxylic acids is 3. The molecule has 0 bridgehead atoms. The number of carbonyl (C=O) groups is 3. The van der Waals surface area contributed by atoms with Gasteiger partial charge in [-0.05, 0) is 43.2 Å². The van der Waals surface area contributed by atoms with E-state index in [0.29, 0.717) is 32.5 Å². The number of furan rings is 1. The highest BCUT2D eigenvalue weighted by Gasteiger charge is 2.36. The molecule has 1 aromatic carbocycles. The molecule has 11 heteroatoms. The van der Waals surface area contributed by atoms with Crippen LogP contribution >= 0.6 is 0 Å². The van der Waals surface area contributed by atoms with Crippen LogP contribution in [0.25, 0.3) is 0 Å². The fourth-order valence-electron chi connectivity index (χ4n) is 3.67. The maximum atomic E-state index is 12.7. The molecule has 0 radical (unpaired) electrons. The summed E-state index contributed by atoms with van der Waals surface area (Å²) < 4.78 is 36.9. The lowest BCUT2D eigenvalue weighted by atomic mass is 10.2. The zero-order valence-corrected chi connectivity index (χ0v) is 19.3. The van der Waals surface area contributed by atoms with Crippen LogP contribution in [0.5, 0.6) is 0 Å². The second-order valence-corrected chi connectivity index (χ2v) is 9.34. The number of rotatable bonds is 9. The third-order valence-corrected chi connectivity index (χ3v) is 7.37. The molecular weight excluding hydrogens is 450 g/mol. The smallest absolute Gasteiger partial charge is 0.329 e. The molecule has 178 valence electrons. The number of ether oxygens (including phenoxy) is 1. The predicted molar refractivity (Wildman–Crippen MR) is 119 cm³/mol. The Labute approximate surface area is 192 Å². The fourth-order valence-corrected chi connectivity index (χ4v) is 5.18. The fraction of sp³-hybridized carbons (Fsp3) is 0.409. The van der Waals surface area contributed by atoms with Gasteiger partial charge in [0.25, 0.3) is 11.8 Å². The summed E-state index contributed by atoms with van der Waals surface area (Å²) in [4.78, 5) is 38.7. The second kappa shape index (κ2) is 10.6. The molecular formula is C22H27N3O7S. The van der Waals surface area contributed by atoms with Gasteiger partial charge in [-0.2, -0.15) is 4.31 Å². The lowest BCUT2D eigenvalue weighted by molar-refractivity contribution is -0.151. The van der Waals surface area contributed by atoms with Crippen LogP contribution < -0.4 is 5.32 Å². The van der Waals surface area contributed by atoms with Crippen molar-refractivity contribution in [3.05, 3.63) is 48.4 Å². The average molecular weight is 478 g/mol. The first-order chi connectivity index (χ1) is 15.8. The standard InChI is InChI=1S/C22H27N3O7S/c1-3-24(4-2)33(29,30)17-9-5-8-16(14-17)23-20(26)15-32-22(28)18-10-6-12-25(18)21(27)19-11-7-13-31-19/h5,7-9,11,13-14,18H,3-4,6,10,12,15H2,1-2H3,(H,23,26). The van der Waals surface area contributed by atoms with E-state index in [9.17, 15) is 22.8 Å². The number of nitrogens with one attached hydrogen (secondary N) is 1. The van der Waals surface area contributed by atoms with Crippen LogP contribution in [0.4, 0.5) is 5.69 Å². The van der Waals surface area contributed by atoms with E-state index in [1.54, 1.807) is 26.0 Å². The molecule has 1 atom stereocenters. The van der Waals surface area contributed by atoms with Crippen molar-refractivity contribution in [3.63, 3.8) is 0 Å². The first-order valence-electron chi connectivity index (χ1n) is 10.7. The lowest BCUT2D eigenvalue weighted by Gasteiger charge is -2.22. The molecule has 33 heavy (non-hydrogen) atoms. The largest absolute Gasteiger partial charge is 0.459 e. The van der Waals surface area contributed by atoms with Gasteiger partial charge in [-0.25, -0.2) is 13.2 Å². The van der Waals surface area contributed by atoms with Crippen molar-refractivity contribution in [1.82, 2.24) is 9.21 Å². The molecule has 2 aromatic rings. The van der Waals surface area contributed by atoms with Crippen molar-refractivity contribution < 1.29 is 32.0 Å². The number of likely N-dealkylation sites (tertiary alicyclic amines) is 1. The maximum absolute atomic E-state index is 12.7. The van der Waals surface area contributed by atoms with Gasteiger partial charge >= 0.3 is 5.97 Å². The van der Waals surface area contributed by atoms with Crippen LogP contribution in [0.15, 0.2) is 52.0 Å². The van der Waals surface area contributed by atoms with E-state index in [0.717, 1.165) is 0 Å². The molecule has 0 aliphatic carbocycles. The number of anilines is 1. The van der Waals surface area contributed by atoms with Gasteiger partial charge in [-0.1, -0.05) is 19.9 Å². The highest BCUT2D eigenvalue weighted by Crippen LogP contribution is 2.22. The van der Waals surface area contributed by atoms with Gasteiger partial charge in [0.15, 0.2) is 12.4 Å². The zero-order valence-electron chi connectivity index (χ0n) is 18.5. The summed E-state index contributed by atoms with van der Waals surface area (Å²) in [5, 5.41) is 2.54. The number of sulfonamides is 1. The number of benzene rings is 1. The molecule has 3 rings (SSSR count). The molecule has 0 saturated carbocycles. The van der Waals surface area contributed by atoms with Crippen LogP contribution in [0.2, 0.25) is 0 Å². The van der Waals surface area contributed by atoms with Crippen molar-refractivity contribution in [2.45, 2.75) is 37.6 Å². The summed E-state index contributed by atoms with van der Waals surface area (Å²) >= 11 is 0. The van der Waals surface area contributed by atoms with Gasteiger partial charge < -0.3 is 19.4 Å². The van der Waals surface area contributed by atoms with Gasteiger partial charge in [0, 0.05) is 25.3 Å². The van der Waals surface area contributed by atoms with Gasteiger partial charge in [-0.15, -0.1) is 0 Å². The van der Waals surface area contributed by atoms with E-state index < -0.39 is 40.5 Å². The van der Waals surface area contributed by atoms with Gasteiger partial charge in [0.05, 0.1) is 11.2 Å². The van der Waals surface area contributed by atoms with E-state index in [1.807, 2.05) is 0 Å². The summed E-state index contributed by atoms with van der Waals surface area (Å²) in [6.07, 6.45) is 2.44. The minimum atomic E-state index is -3.68. The van der Waals surface area contributed by atoms with Crippen molar-refractivity contribution in [1.29, 1.82) is 0 Å². The van der Waals surface area contributed by atoms with Crippen molar-refractivity contribution >= 4 is 33.5 Å². The van der Waals surface area contributed by atoms with Gasteiger partial charge in [-0.3, -0.25) is 9.59 Å². The Balaban J connectivity index is 1.58. The summed E-state index contributed by atoms with van der Waals surface area (Å²) in [6, 6.07) is 8.19. The van der Waals surface area contributed by atoms with E-state index in [1.165, 1.54) is 39.7 Å². The van der Waals surface area contributed by atoms with E-state index in [4.69, 9.17) is 9.15 Å². The Kier molecular flexibility index (Phi) is 7.88. The maximum Gasteiger partial charge on any atom is 0.329 e. The van der Waals surface area contributed by atoms with E-state index in [2.05, 4.69) is 5.32 Å². The minimum absolute atomic E-state index is 0.0547. The first-order valence-corrected chi connectivity index (χ1v) is 12.1. The highest BCUT2D eigenvalue weighted by molar-refractivity contribution is 7.89. The highest BCUT2D eigenvalue weighted by atomic mass is 32.2. The molecule has 1 aliphatic heterocycles. The lowest BCUT2D eigenvalue weighted by Crippen LogP contribution is -2.42. The Bertz CT molecular complexity index is 1090. The number of amides is 2. The van der Waals surface area contributed by atoms with Crippen LogP contribution in [0.3, 0.4) is 0 Å². The minimum Gasteiger partial charge on any atom is -0.459 e. The molecule has 2 heterocycles. The molecule has 1 aliphatic rings. The van der Waals surface area contributed by atoms with Crippen LogP contribution in [-0.4, -0.2) is 67.7 Å². The number of nitrogens with zero attached hydrogens (tertiary/aromatic N) is 2. The Hall–Kier alpha value is -3.18. The number of hydrogen-bond acceptors (Lipinski definition) is 7. The van der Waals surface area contributed by atoms with E-state index in [-0.39, 0.29) is 16.3 Å². The predicted octanol–water partition coefficient (Wildman–Crippen LogP) is 2.10. The third kappa shape index (κ3) is 5.60. The van der Waals surface area contributed by atoms with Crippen molar-refractivity contribution in [2.24, 2.45) is 0 Å². The van der Waals surface area contributed by atoms with Crippen LogP contribution in [-0.2, 0) is 24.3 Å². The molecule has 10 nitrogen and oxygen atoms in total. The zero-order chi connectivity index (χ0) is 24.0. The SMILES string of the molecule is CCN(CC)S(=O)(=O)c1cccc(NC(=O)COC(=O)C2CCCN2C(=O)c2ccco2)c1. The Morgan fingerprint density at radius 3 is 2.61 bits per heavy atom. The molecule has 1 aromatic heterocycles.